The normalized spacial score (nSPS) is 10.2. The Labute approximate surface area is 138 Å². The summed E-state index contributed by atoms with van der Waals surface area (Å²) >= 11 is 5.79. The van der Waals surface area contributed by atoms with Crippen molar-refractivity contribution in [3.63, 3.8) is 0 Å². The van der Waals surface area contributed by atoms with Crippen LogP contribution >= 0.6 is 11.6 Å². The third kappa shape index (κ3) is 4.43. The minimum absolute atomic E-state index is 0.145. The fourth-order valence-electron chi connectivity index (χ4n) is 1.97. The van der Waals surface area contributed by atoms with Gasteiger partial charge in [-0.25, -0.2) is 0 Å². The molecule has 23 heavy (non-hydrogen) atoms. The lowest BCUT2D eigenvalue weighted by Gasteiger charge is -2.08. The zero-order valence-corrected chi connectivity index (χ0v) is 13.2. The van der Waals surface area contributed by atoms with E-state index in [1.54, 1.807) is 31.2 Å². The van der Waals surface area contributed by atoms with Crippen LogP contribution in [0.1, 0.15) is 22.8 Å². The summed E-state index contributed by atoms with van der Waals surface area (Å²) in [5.74, 6) is -0.252. The molecule has 0 spiro atoms. The van der Waals surface area contributed by atoms with Crippen LogP contribution in [0.2, 0.25) is 5.02 Å². The Morgan fingerprint density at radius 3 is 2.57 bits per heavy atom. The summed E-state index contributed by atoms with van der Waals surface area (Å²) in [4.78, 5) is 22.6. The molecule has 0 aliphatic heterocycles. The van der Waals surface area contributed by atoms with E-state index in [9.17, 15) is 14.9 Å². The van der Waals surface area contributed by atoms with Crippen molar-refractivity contribution in [3.8, 4) is 5.75 Å². The zero-order valence-electron chi connectivity index (χ0n) is 12.4. The molecular weight excluding hydrogens is 320 g/mol. The lowest BCUT2D eigenvalue weighted by atomic mass is 10.1. The molecule has 0 aliphatic carbocycles. The minimum Gasteiger partial charge on any atom is -0.487 e. The predicted octanol–water partition coefficient (Wildman–Crippen LogP) is 3.58. The molecule has 0 heterocycles. The molecule has 120 valence electrons. The van der Waals surface area contributed by atoms with E-state index in [2.05, 4.69) is 5.32 Å². The van der Waals surface area contributed by atoms with Gasteiger partial charge in [0.2, 0.25) is 0 Å². The van der Waals surface area contributed by atoms with Gasteiger partial charge >= 0.3 is 5.69 Å². The van der Waals surface area contributed by atoms with Gasteiger partial charge in [0.05, 0.1) is 11.5 Å². The number of hydrogen-bond donors (Lipinski definition) is 1. The fourth-order valence-corrected chi connectivity index (χ4v) is 2.09. The number of carbonyl (C=O) groups is 1. The van der Waals surface area contributed by atoms with Crippen molar-refractivity contribution < 1.29 is 14.5 Å². The predicted molar refractivity (Wildman–Crippen MR) is 86.9 cm³/mol. The van der Waals surface area contributed by atoms with E-state index in [1.807, 2.05) is 0 Å². The Morgan fingerprint density at radius 2 is 1.96 bits per heavy atom. The lowest BCUT2D eigenvalue weighted by molar-refractivity contribution is -0.385. The Balaban J connectivity index is 2.11. The number of benzene rings is 2. The van der Waals surface area contributed by atoms with Crippen LogP contribution in [0, 0.1) is 10.1 Å². The minimum atomic E-state index is -0.568. The molecule has 0 atom stereocenters. The molecule has 6 nitrogen and oxygen atoms in total. The summed E-state index contributed by atoms with van der Waals surface area (Å²) < 4.78 is 5.19. The van der Waals surface area contributed by atoms with Crippen LogP contribution < -0.4 is 10.1 Å². The smallest absolute Gasteiger partial charge is 0.311 e. The standard InChI is InChI=1S/C16H15ClN2O4/c1-2-23-15-8-5-12(9-14(15)19(21)22)16(20)18-10-11-3-6-13(17)7-4-11/h3-9H,2,10H2,1H3,(H,18,20). The van der Waals surface area contributed by atoms with Crippen molar-refractivity contribution in [2.45, 2.75) is 13.5 Å². The highest BCUT2D eigenvalue weighted by atomic mass is 35.5. The molecule has 2 aromatic carbocycles. The average molecular weight is 335 g/mol. The first-order valence-corrected chi connectivity index (χ1v) is 7.33. The number of nitro benzene ring substituents is 1. The molecule has 1 N–H and O–H groups in total. The van der Waals surface area contributed by atoms with Gasteiger partial charge in [-0.1, -0.05) is 23.7 Å². The van der Waals surface area contributed by atoms with Crippen molar-refractivity contribution >= 4 is 23.2 Å². The van der Waals surface area contributed by atoms with Crippen LogP contribution in [0.5, 0.6) is 5.75 Å². The van der Waals surface area contributed by atoms with Gasteiger partial charge in [0.25, 0.3) is 5.91 Å². The van der Waals surface area contributed by atoms with E-state index in [0.29, 0.717) is 18.2 Å². The van der Waals surface area contributed by atoms with Crippen LogP contribution in [0.3, 0.4) is 0 Å². The quantitative estimate of drug-likeness (QED) is 0.646. The molecule has 0 bridgehead atoms. The van der Waals surface area contributed by atoms with Gasteiger partial charge in [-0.05, 0) is 36.8 Å². The van der Waals surface area contributed by atoms with Gasteiger partial charge in [0.15, 0.2) is 5.75 Å². The van der Waals surface area contributed by atoms with E-state index >= 15 is 0 Å². The van der Waals surface area contributed by atoms with E-state index in [4.69, 9.17) is 16.3 Å². The third-order valence-corrected chi connectivity index (χ3v) is 3.34. The molecule has 7 heteroatoms. The number of nitrogens with one attached hydrogen (secondary N) is 1. The van der Waals surface area contributed by atoms with Gasteiger partial charge in [-0.3, -0.25) is 14.9 Å². The summed E-state index contributed by atoms with van der Waals surface area (Å²) in [5, 5.41) is 14.4. The molecule has 0 saturated carbocycles. The van der Waals surface area contributed by atoms with E-state index in [0.717, 1.165) is 5.56 Å². The fraction of sp³-hybridized carbons (Fsp3) is 0.188. The van der Waals surface area contributed by atoms with Gasteiger partial charge in [0.1, 0.15) is 0 Å². The monoisotopic (exact) mass is 334 g/mol. The maximum atomic E-state index is 12.1. The van der Waals surface area contributed by atoms with E-state index in [1.165, 1.54) is 18.2 Å². The van der Waals surface area contributed by atoms with Crippen LogP contribution in [-0.4, -0.2) is 17.4 Å². The molecular formula is C16H15ClN2O4. The lowest BCUT2D eigenvalue weighted by Crippen LogP contribution is -2.22. The molecule has 0 unspecified atom stereocenters. The van der Waals surface area contributed by atoms with Gasteiger partial charge in [-0.2, -0.15) is 0 Å². The topological polar surface area (TPSA) is 81.5 Å². The van der Waals surface area contributed by atoms with Crippen molar-refractivity contribution in [2.24, 2.45) is 0 Å². The number of carbonyl (C=O) groups excluding carboxylic acids is 1. The number of rotatable bonds is 6. The second kappa shape index (κ2) is 7.60. The first-order chi connectivity index (χ1) is 11.0. The van der Waals surface area contributed by atoms with Crippen molar-refractivity contribution in [3.05, 3.63) is 68.7 Å². The van der Waals surface area contributed by atoms with E-state index in [-0.39, 0.29) is 17.0 Å². The van der Waals surface area contributed by atoms with Crippen molar-refractivity contribution in [1.82, 2.24) is 5.32 Å². The summed E-state index contributed by atoms with van der Waals surface area (Å²) in [6, 6.07) is 11.2. The summed E-state index contributed by atoms with van der Waals surface area (Å²) in [5.41, 5.74) is 0.850. The number of halogens is 1. The summed E-state index contributed by atoms with van der Waals surface area (Å²) in [7, 11) is 0. The molecule has 1 amide bonds. The molecule has 2 rings (SSSR count). The Bertz CT molecular complexity index is 717. The Morgan fingerprint density at radius 1 is 1.26 bits per heavy atom. The van der Waals surface area contributed by atoms with Crippen LogP contribution in [-0.2, 0) is 6.54 Å². The van der Waals surface area contributed by atoms with Gasteiger partial charge < -0.3 is 10.1 Å². The number of amides is 1. The first kappa shape index (κ1) is 16.8. The largest absolute Gasteiger partial charge is 0.487 e. The molecule has 0 aromatic heterocycles. The molecule has 0 radical (unpaired) electrons. The highest BCUT2D eigenvalue weighted by molar-refractivity contribution is 6.30. The Kier molecular flexibility index (Phi) is 5.54. The van der Waals surface area contributed by atoms with Crippen LogP contribution in [0.25, 0.3) is 0 Å². The first-order valence-electron chi connectivity index (χ1n) is 6.95. The highest BCUT2D eigenvalue weighted by Crippen LogP contribution is 2.28. The number of nitro groups is 1. The summed E-state index contributed by atoms with van der Waals surface area (Å²) in [6.45, 7) is 2.34. The van der Waals surface area contributed by atoms with E-state index < -0.39 is 10.8 Å². The van der Waals surface area contributed by atoms with Crippen LogP contribution in [0.4, 0.5) is 5.69 Å². The second-order valence-corrected chi connectivity index (χ2v) is 5.12. The second-order valence-electron chi connectivity index (χ2n) is 4.68. The molecule has 0 saturated heterocycles. The van der Waals surface area contributed by atoms with Gasteiger partial charge in [-0.15, -0.1) is 0 Å². The van der Waals surface area contributed by atoms with Crippen LogP contribution in [0.15, 0.2) is 42.5 Å². The SMILES string of the molecule is CCOc1ccc(C(=O)NCc2ccc(Cl)cc2)cc1[N+](=O)[O-]. The summed E-state index contributed by atoms with van der Waals surface area (Å²) in [6.07, 6.45) is 0. The average Bonchev–Trinajstić information content (AvgIpc) is 2.54. The molecule has 0 fully saturated rings. The number of ether oxygens (including phenoxy) is 1. The number of hydrogen-bond acceptors (Lipinski definition) is 4. The maximum absolute atomic E-state index is 12.1. The van der Waals surface area contributed by atoms with Gasteiger partial charge in [0, 0.05) is 23.2 Å². The van der Waals surface area contributed by atoms with Crippen molar-refractivity contribution in [1.29, 1.82) is 0 Å². The molecule has 0 aliphatic rings. The highest BCUT2D eigenvalue weighted by Gasteiger charge is 2.18. The maximum Gasteiger partial charge on any atom is 0.311 e. The van der Waals surface area contributed by atoms with Crippen molar-refractivity contribution in [2.75, 3.05) is 6.61 Å². The Hall–Kier alpha value is -2.60. The zero-order chi connectivity index (χ0) is 16.8. The molecule has 2 aromatic rings. The third-order valence-electron chi connectivity index (χ3n) is 3.08. The number of nitrogens with zero attached hydrogens (tertiary/aromatic N) is 1.